The number of alkyl halides is 3. The van der Waals surface area contributed by atoms with Gasteiger partial charge in [-0.2, -0.15) is 24.9 Å². The van der Waals surface area contributed by atoms with Crippen molar-refractivity contribution >= 4 is 39.3 Å². The smallest absolute Gasteiger partial charge is 0.416 e. The molecule has 2 aromatic rings. The van der Waals surface area contributed by atoms with Crippen LogP contribution in [0.5, 0.6) is 5.75 Å². The van der Waals surface area contributed by atoms with Crippen molar-refractivity contribution in [2.24, 2.45) is 0 Å². The Hall–Kier alpha value is -2.60. The van der Waals surface area contributed by atoms with Crippen LogP contribution in [0.15, 0.2) is 47.4 Å². The second-order valence-electron chi connectivity index (χ2n) is 10.5. The van der Waals surface area contributed by atoms with Gasteiger partial charge >= 0.3 is 12.3 Å². The number of carbonyl (C=O) groups excluding carboxylic acids is 1. The number of carbonyl (C=O) groups is 1. The number of hydrogen-bond donors (Lipinski definition) is 1. The largest absolute Gasteiger partial charge is 0.485 e. The lowest BCUT2D eigenvalue weighted by Crippen LogP contribution is -2.45. The number of fused-ring (bicyclic) bond motifs is 1. The van der Waals surface area contributed by atoms with Gasteiger partial charge in [0.15, 0.2) is 0 Å². The highest BCUT2D eigenvalue weighted by atomic mass is 32.2. The number of ether oxygens (including phenoxy) is 2. The normalized spacial score (nSPS) is 16.6. The van der Waals surface area contributed by atoms with E-state index in [2.05, 4.69) is 5.32 Å². The molecule has 0 unspecified atom stereocenters. The summed E-state index contributed by atoms with van der Waals surface area (Å²) in [7, 11) is -4.42. The van der Waals surface area contributed by atoms with Crippen molar-refractivity contribution in [2.75, 3.05) is 21.9 Å². The third-order valence-electron chi connectivity index (χ3n) is 4.99. The molecule has 0 aromatic heterocycles. The third kappa shape index (κ3) is 7.70. The van der Waals surface area contributed by atoms with E-state index in [1.54, 1.807) is 32.5 Å². The lowest BCUT2D eigenvalue weighted by atomic mass is 10.2. The number of amides is 1. The summed E-state index contributed by atoms with van der Waals surface area (Å²) in [5.41, 5.74) is -1.48. The van der Waals surface area contributed by atoms with E-state index >= 15 is 0 Å². The predicted molar refractivity (Wildman–Crippen MR) is 139 cm³/mol. The van der Waals surface area contributed by atoms with Crippen molar-refractivity contribution in [3.63, 3.8) is 0 Å². The third-order valence-corrected chi connectivity index (χ3v) is 8.17. The molecule has 3 rings (SSSR count). The maximum Gasteiger partial charge on any atom is 0.416 e. The van der Waals surface area contributed by atoms with Crippen LogP contribution >= 0.6 is 11.8 Å². The van der Waals surface area contributed by atoms with Gasteiger partial charge < -0.3 is 9.47 Å². The summed E-state index contributed by atoms with van der Waals surface area (Å²) in [6.45, 7) is 11.0. The number of nitrogens with one attached hydrogen (secondary N) is 1. The standard InChI is InChI=1S/C25H31F3N2O5S2/c1-23(2,3)35-22(31)29-17-10-11-21-20(13-17)30(14-18(34-21)15-36-24(4,5)6)37(32,33)19-9-7-8-16(12-19)25(26,27)28/h7-13,18H,14-15H2,1-6H3,(H,29,31)/t18-/m1/s1. The Morgan fingerprint density at radius 1 is 1.11 bits per heavy atom. The Bertz CT molecular complexity index is 1250. The van der Waals surface area contributed by atoms with E-state index in [0.29, 0.717) is 11.8 Å². The molecule has 0 bridgehead atoms. The number of halogens is 3. The number of rotatable bonds is 5. The van der Waals surface area contributed by atoms with Gasteiger partial charge in [-0.3, -0.25) is 9.62 Å². The molecule has 204 valence electrons. The van der Waals surface area contributed by atoms with Crippen LogP contribution in [-0.4, -0.2) is 43.3 Å². The van der Waals surface area contributed by atoms with Crippen LogP contribution in [0.4, 0.5) is 29.3 Å². The van der Waals surface area contributed by atoms with Crippen molar-refractivity contribution < 1.29 is 35.9 Å². The molecule has 0 saturated carbocycles. The van der Waals surface area contributed by atoms with Gasteiger partial charge in [-0.1, -0.05) is 26.8 Å². The van der Waals surface area contributed by atoms with Crippen molar-refractivity contribution in [1.82, 2.24) is 0 Å². The van der Waals surface area contributed by atoms with Gasteiger partial charge in [0.05, 0.1) is 22.7 Å². The minimum Gasteiger partial charge on any atom is -0.485 e. The molecule has 1 atom stereocenters. The number of sulfonamides is 1. The molecule has 0 radical (unpaired) electrons. The lowest BCUT2D eigenvalue weighted by molar-refractivity contribution is -0.137. The van der Waals surface area contributed by atoms with Gasteiger partial charge in [0, 0.05) is 16.2 Å². The zero-order valence-corrected chi connectivity index (χ0v) is 23.1. The quantitative estimate of drug-likeness (QED) is 0.447. The number of anilines is 2. The molecule has 0 saturated heterocycles. The van der Waals surface area contributed by atoms with Crippen LogP contribution in [-0.2, 0) is 20.9 Å². The van der Waals surface area contributed by atoms with Gasteiger partial charge in [-0.05, 0) is 57.2 Å². The fraction of sp³-hybridized carbons (Fsp3) is 0.480. The molecule has 0 aliphatic carbocycles. The molecule has 0 spiro atoms. The Balaban J connectivity index is 2.02. The molecule has 1 N–H and O–H groups in total. The molecule has 7 nitrogen and oxygen atoms in total. The summed E-state index contributed by atoms with van der Waals surface area (Å²) < 4.78 is 79.6. The van der Waals surface area contributed by atoms with E-state index in [0.717, 1.165) is 22.5 Å². The summed E-state index contributed by atoms with van der Waals surface area (Å²) in [6, 6.07) is 8.08. The number of thioether (sulfide) groups is 1. The molecule has 12 heteroatoms. The van der Waals surface area contributed by atoms with Crippen LogP contribution in [0.3, 0.4) is 0 Å². The number of benzene rings is 2. The summed E-state index contributed by atoms with van der Waals surface area (Å²) in [6.07, 6.45) is -6.00. The maximum absolute atomic E-state index is 13.7. The van der Waals surface area contributed by atoms with E-state index < -0.39 is 44.5 Å². The highest BCUT2D eigenvalue weighted by Gasteiger charge is 2.37. The van der Waals surface area contributed by atoms with E-state index in [9.17, 15) is 26.4 Å². The van der Waals surface area contributed by atoms with Crippen LogP contribution in [0.25, 0.3) is 0 Å². The topological polar surface area (TPSA) is 84.9 Å². The number of hydrogen-bond acceptors (Lipinski definition) is 6. The van der Waals surface area contributed by atoms with Crippen molar-refractivity contribution in [3.8, 4) is 5.75 Å². The predicted octanol–water partition coefficient (Wildman–Crippen LogP) is 6.54. The minimum absolute atomic E-state index is 0.1000. The van der Waals surface area contributed by atoms with Gasteiger partial charge in [0.2, 0.25) is 0 Å². The summed E-state index contributed by atoms with van der Waals surface area (Å²) in [4.78, 5) is 11.8. The monoisotopic (exact) mass is 560 g/mol. The Kier molecular flexibility index (Phi) is 8.05. The zero-order valence-electron chi connectivity index (χ0n) is 21.5. The van der Waals surface area contributed by atoms with Gasteiger partial charge in [0.1, 0.15) is 17.5 Å². The first-order chi connectivity index (χ1) is 16.8. The summed E-state index contributed by atoms with van der Waals surface area (Å²) in [5, 5.41) is 2.55. The van der Waals surface area contributed by atoms with E-state index in [1.807, 2.05) is 20.8 Å². The first kappa shape index (κ1) is 29.0. The van der Waals surface area contributed by atoms with Gasteiger partial charge in [-0.15, -0.1) is 0 Å². The molecule has 1 heterocycles. The average molecular weight is 561 g/mol. The molecule has 0 fully saturated rings. The SMILES string of the molecule is CC(C)(C)OC(=O)Nc1ccc2c(c1)N(S(=O)(=O)c1cccc(C(F)(F)F)c1)C[C@H](CSC(C)(C)C)O2. The molecular formula is C25H31F3N2O5S2. The van der Waals surface area contributed by atoms with Crippen molar-refractivity contribution in [1.29, 1.82) is 0 Å². The van der Waals surface area contributed by atoms with Crippen LogP contribution < -0.4 is 14.4 Å². The van der Waals surface area contributed by atoms with Crippen molar-refractivity contribution in [2.45, 2.75) is 69.1 Å². The Morgan fingerprint density at radius 3 is 2.38 bits per heavy atom. The Labute approximate surface area is 219 Å². The highest BCUT2D eigenvalue weighted by Crippen LogP contribution is 2.41. The lowest BCUT2D eigenvalue weighted by Gasteiger charge is -2.36. The summed E-state index contributed by atoms with van der Waals surface area (Å²) in [5.74, 6) is 0.686. The molecular weight excluding hydrogens is 529 g/mol. The zero-order chi connectivity index (χ0) is 27.8. The maximum atomic E-state index is 13.7. The highest BCUT2D eigenvalue weighted by molar-refractivity contribution is 8.00. The van der Waals surface area contributed by atoms with Crippen LogP contribution in [0.2, 0.25) is 0 Å². The molecule has 37 heavy (non-hydrogen) atoms. The summed E-state index contributed by atoms with van der Waals surface area (Å²) >= 11 is 1.58. The van der Waals surface area contributed by atoms with Gasteiger partial charge in [0.25, 0.3) is 10.0 Å². The van der Waals surface area contributed by atoms with E-state index in [4.69, 9.17) is 9.47 Å². The van der Waals surface area contributed by atoms with Gasteiger partial charge in [-0.25, -0.2) is 13.2 Å². The molecule has 2 aromatic carbocycles. The van der Waals surface area contributed by atoms with Crippen LogP contribution in [0.1, 0.15) is 47.1 Å². The minimum atomic E-state index is -4.70. The molecule has 1 amide bonds. The number of nitrogens with zero attached hydrogens (tertiary/aromatic N) is 1. The first-order valence-electron chi connectivity index (χ1n) is 11.5. The fourth-order valence-electron chi connectivity index (χ4n) is 3.43. The second-order valence-corrected chi connectivity index (χ2v) is 14.2. The van der Waals surface area contributed by atoms with E-state index in [1.165, 1.54) is 18.2 Å². The first-order valence-corrected chi connectivity index (χ1v) is 13.9. The van der Waals surface area contributed by atoms with Crippen LogP contribution in [0, 0.1) is 0 Å². The van der Waals surface area contributed by atoms with E-state index in [-0.39, 0.29) is 28.4 Å². The average Bonchev–Trinajstić information content (AvgIpc) is 2.75. The molecule has 1 aliphatic heterocycles. The van der Waals surface area contributed by atoms with Crippen molar-refractivity contribution in [3.05, 3.63) is 48.0 Å². The second kappa shape index (κ2) is 10.3. The fourth-order valence-corrected chi connectivity index (χ4v) is 5.83. The Morgan fingerprint density at radius 2 is 1.78 bits per heavy atom. The molecule has 1 aliphatic rings.